The Labute approximate surface area is 144 Å². The molecule has 1 N–H and O–H groups in total. The van der Waals surface area contributed by atoms with Crippen LogP contribution in [0, 0.1) is 5.41 Å². The topological polar surface area (TPSA) is 74.3 Å². The molecule has 2 saturated heterocycles. The second-order valence-corrected chi connectivity index (χ2v) is 7.46. The number of amides is 1. The number of H-pyrrole nitrogens is 1. The maximum Gasteiger partial charge on any atom is 0.271 e. The van der Waals surface area contributed by atoms with E-state index in [2.05, 4.69) is 19.9 Å². The lowest BCUT2D eigenvalue weighted by atomic mass is 9.80. The summed E-state index contributed by atoms with van der Waals surface area (Å²) in [6.45, 7) is 4.64. The summed E-state index contributed by atoms with van der Waals surface area (Å²) in [4.78, 5) is 28.2. The van der Waals surface area contributed by atoms with Crippen molar-refractivity contribution in [3.05, 3.63) is 29.8 Å². The van der Waals surface area contributed by atoms with E-state index in [-0.39, 0.29) is 11.3 Å². The fraction of sp³-hybridized carbons (Fsp3) is 0.562. The molecule has 0 bridgehead atoms. The van der Waals surface area contributed by atoms with E-state index in [0.29, 0.717) is 25.5 Å². The van der Waals surface area contributed by atoms with Crippen LogP contribution in [-0.2, 0) is 4.74 Å². The maximum atomic E-state index is 12.7. The standard InChI is InChI=1S/C16H21N5O2S/c22-14(13-8-17-12-19-13)20-4-1-2-16(9-20)10-21(5-6-23-11-16)15-18-3-7-24-15/h3,7-8,12H,1-2,4-6,9-11H2,(H,17,19)/t16-/m1/s1. The third-order valence-electron chi connectivity index (χ3n) is 4.81. The molecule has 2 aliphatic heterocycles. The number of carbonyl (C=O) groups is 1. The van der Waals surface area contributed by atoms with Crippen molar-refractivity contribution >= 4 is 22.4 Å². The summed E-state index contributed by atoms with van der Waals surface area (Å²) in [7, 11) is 0. The number of likely N-dealkylation sites (tertiary alicyclic amines) is 1. The van der Waals surface area contributed by atoms with Crippen molar-refractivity contribution in [3.63, 3.8) is 0 Å². The second-order valence-electron chi connectivity index (χ2n) is 6.58. The molecule has 0 saturated carbocycles. The molecular weight excluding hydrogens is 326 g/mol. The molecule has 1 amide bonds. The number of aromatic nitrogens is 3. The summed E-state index contributed by atoms with van der Waals surface area (Å²) < 4.78 is 5.91. The number of ether oxygens (including phenoxy) is 1. The number of imidazole rings is 1. The molecule has 128 valence electrons. The lowest BCUT2D eigenvalue weighted by molar-refractivity contribution is 0.0133. The molecule has 0 unspecified atom stereocenters. The summed E-state index contributed by atoms with van der Waals surface area (Å²) in [6.07, 6.45) is 7.05. The minimum atomic E-state index is -0.0316. The molecule has 2 aliphatic rings. The van der Waals surface area contributed by atoms with Crippen molar-refractivity contribution in [2.45, 2.75) is 12.8 Å². The zero-order valence-corrected chi connectivity index (χ0v) is 14.3. The van der Waals surface area contributed by atoms with E-state index < -0.39 is 0 Å². The van der Waals surface area contributed by atoms with Crippen LogP contribution in [0.4, 0.5) is 5.13 Å². The van der Waals surface area contributed by atoms with E-state index in [1.807, 2.05) is 16.5 Å². The number of thiazole rings is 1. The number of rotatable bonds is 2. The Morgan fingerprint density at radius 2 is 2.33 bits per heavy atom. The molecule has 4 rings (SSSR count). The van der Waals surface area contributed by atoms with Crippen LogP contribution in [0.5, 0.6) is 0 Å². The number of hydrogen-bond acceptors (Lipinski definition) is 6. The van der Waals surface area contributed by atoms with Crippen LogP contribution in [0.25, 0.3) is 0 Å². The lowest BCUT2D eigenvalue weighted by Gasteiger charge is -2.43. The maximum absolute atomic E-state index is 12.7. The molecule has 24 heavy (non-hydrogen) atoms. The first-order valence-corrected chi connectivity index (χ1v) is 9.14. The van der Waals surface area contributed by atoms with E-state index >= 15 is 0 Å². The Morgan fingerprint density at radius 3 is 3.12 bits per heavy atom. The quantitative estimate of drug-likeness (QED) is 0.894. The van der Waals surface area contributed by atoms with Gasteiger partial charge in [-0.25, -0.2) is 9.97 Å². The van der Waals surface area contributed by atoms with Crippen molar-refractivity contribution in [2.24, 2.45) is 5.41 Å². The molecular formula is C16H21N5O2S. The first-order chi connectivity index (χ1) is 11.8. The largest absolute Gasteiger partial charge is 0.379 e. The zero-order chi connectivity index (χ0) is 16.4. The van der Waals surface area contributed by atoms with Gasteiger partial charge in [0.15, 0.2) is 5.13 Å². The molecule has 4 heterocycles. The Kier molecular flexibility index (Phi) is 4.24. The van der Waals surface area contributed by atoms with Gasteiger partial charge in [0, 0.05) is 43.2 Å². The Balaban J connectivity index is 1.53. The fourth-order valence-corrected chi connectivity index (χ4v) is 4.37. The van der Waals surface area contributed by atoms with Crippen LogP contribution in [0.3, 0.4) is 0 Å². The third-order valence-corrected chi connectivity index (χ3v) is 5.64. The highest BCUT2D eigenvalue weighted by atomic mass is 32.1. The van der Waals surface area contributed by atoms with E-state index in [0.717, 1.165) is 37.6 Å². The molecule has 8 heteroatoms. The number of piperidine rings is 1. The van der Waals surface area contributed by atoms with Crippen LogP contribution < -0.4 is 4.90 Å². The molecule has 2 fully saturated rings. The van der Waals surface area contributed by atoms with Gasteiger partial charge in [0.1, 0.15) is 5.69 Å². The number of nitrogens with one attached hydrogen (secondary N) is 1. The van der Waals surface area contributed by atoms with Crippen molar-refractivity contribution in [1.29, 1.82) is 0 Å². The molecule has 0 aliphatic carbocycles. The molecule has 7 nitrogen and oxygen atoms in total. The first kappa shape index (κ1) is 15.6. The average Bonchev–Trinajstić information content (AvgIpc) is 3.28. The predicted octanol–water partition coefficient (Wildman–Crippen LogP) is 1.63. The van der Waals surface area contributed by atoms with Crippen LogP contribution in [0.15, 0.2) is 24.1 Å². The first-order valence-electron chi connectivity index (χ1n) is 8.26. The van der Waals surface area contributed by atoms with Gasteiger partial charge in [0.2, 0.25) is 0 Å². The van der Waals surface area contributed by atoms with Crippen LogP contribution in [-0.4, -0.2) is 65.2 Å². The van der Waals surface area contributed by atoms with E-state index in [9.17, 15) is 4.79 Å². The Bertz CT molecular complexity index is 675. The summed E-state index contributed by atoms with van der Waals surface area (Å²) in [6, 6.07) is 0. The monoisotopic (exact) mass is 347 g/mol. The molecule has 0 radical (unpaired) electrons. The van der Waals surface area contributed by atoms with Crippen molar-refractivity contribution in [2.75, 3.05) is 44.3 Å². The molecule has 0 aromatic carbocycles. The third kappa shape index (κ3) is 3.03. The summed E-state index contributed by atoms with van der Waals surface area (Å²) in [5.41, 5.74) is 0.522. The van der Waals surface area contributed by atoms with Gasteiger partial charge in [-0.15, -0.1) is 11.3 Å². The average molecular weight is 347 g/mol. The number of nitrogens with zero attached hydrogens (tertiary/aromatic N) is 4. The SMILES string of the molecule is O=C(c1cnc[nH]1)N1CCC[C@@]2(COCCN(c3nccs3)C2)C1. The highest BCUT2D eigenvalue weighted by Gasteiger charge is 2.41. The van der Waals surface area contributed by atoms with Gasteiger partial charge in [-0.05, 0) is 12.8 Å². The van der Waals surface area contributed by atoms with Crippen molar-refractivity contribution < 1.29 is 9.53 Å². The van der Waals surface area contributed by atoms with E-state index in [4.69, 9.17) is 4.74 Å². The van der Waals surface area contributed by atoms with Gasteiger partial charge < -0.3 is 19.5 Å². The number of hydrogen-bond donors (Lipinski definition) is 1. The highest BCUT2D eigenvalue weighted by Crippen LogP contribution is 2.35. The smallest absolute Gasteiger partial charge is 0.271 e. The predicted molar refractivity (Wildman–Crippen MR) is 91.3 cm³/mol. The normalized spacial score (nSPS) is 25.0. The van der Waals surface area contributed by atoms with Gasteiger partial charge >= 0.3 is 0 Å². The molecule has 2 aromatic rings. The number of carbonyl (C=O) groups excluding carboxylic acids is 1. The van der Waals surface area contributed by atoms with E-state index in [1.165, 1.54) is 0 Å². The summed E-state index contributed by atoms with van der Waals surface area (Å²) in [5.74, 6) is 0.0246. The Morgan fingerprint density at radius 1 is 1.38 bits per heavy atom. The number of aromatic amines is 1. The summed E-state index contributed by atoms with van der Waals surface area (Å²) in [5, 5.41) is 3.04. The molecule has 1 atom stereocenters. The van der Waals surface area contributed by atoms with Crippen molar-refractivity contribution in [3.8, 4) is 0 Å². The zero-order valence-electron chi connectivity index (χ0n) is 13.5. The van der Waals surface area contributed by atoms with Gasteiger partial charge in [0.05, 0.1) is 25.7 Å². The fourth-order valence-electron chi connectivity index (χ4n) is 3.70. The van der Waals surface area contributed by atoms with Gasteiger partial charge in [-0.1, -0.05) is 0 Å². The minimum absolute atomic E-state index is 0.0246. The van der Waals surface area contributed by atoms with Crippen LogP contribution in [0.1, 0.15) is 23.3 Å². The molecule has 2 aromatic heterocycles. The molecule has 1 spiro atoms. The van der Waals surface area contributed by atoms with Gasteiger partial charge in [0.25, 0.3) is 5.91 Å². The lowest BCUT2D eigenvalue weighted by Crippen LogP contribution is -2.52. The minimum Gasteiger partial charge on any atom is -0.379 e. The van der Waals surface area contributed by atoms with Gasteiger partial charge in [-0.3, -0.25) is 4.79 Å². The van der Waals surface area contributed by atoms with Crippen LogP contribution >= 0.6 is 11.3 Å². The summed E-state index contributed by atoms with van der Waals surface area (Å²) >= 11 is 1.66. The second kappa shape index (κ2) is 6.52. The van der Waals surface area contributed by atoms with E-state index in [1.54, 1.807) is 23.9 Å². The van der Waals surface area contributed by atoms with Gasteiger partial charge in [-0.2, -0.15) is 0 Å². The number of anilines is 1. The highest BCUT2D eigenvalue weighted by molar-refractivity contribution is 7.13. The Hall–Kier alpha value is -1.93. The van der Waals surface area contributed by atoms with Crippen molar-refractivity contribution in [1.82, 2.24) is 19.9 Å². The van der Waals surface area contributed by atoms with Crippen LogP contribution in [0.2, 0.25) is 0 Å².